The van der Waals surface area contributed by atoms with Crippen molar-refractivity contribution in [1.29, 1.82) is 0 Å². The minimum absolute atomic E-state index is 0.938. The molecule has 0 aliphatic carbocycles. The zero-order chi connectivity index (χ0) is 14.5. The molecule has 0 bridgehead atoms. The minimum atomic E-state index is 0.938. The summed E-state index contributed by atoms with van der Waals surface area (Å²) in [6.07, 6.45) is 7.31. The molecule has 1 heteroatoms. The molecule has 0 fully saturated rings. The highest BCUT2D eigenvalue weighted by Gasteiger charge is 1.81. The van der Waals surface area contributed by atoms with Crippen LogP contribution >= 0.6 is 22.6 Å². The van der Waals surface area contributed by atoms with Gasteiger partial charge in [-0.25, -0.2) is 0 Å². The zero-order valence-corrected chi connectivity index (χ0v) is 13.5. The second-order valence-corrected chi connectivity index (χ2v) is 5.05. The standard InChI is InChI=1S/C11H11I.C8H6/c12-10-6-2-5-9-11-7-3-1-4-8-11;1-2-8-6-4-3-5-7-8/h1,3-4,7-8H,2,6,10H2;1,3-7H. The number of unbranched alkanes of at least 4 members (excludes halogenated alkanes) is 1. The first-order chi connectivity index (χ1) is 9.86. The molecule has 0 aliphatic heterocycles. The number of terminal acetylenes is 1. The van der Waals surface area contributed by atoms with Crippen LogP contribution in [-0.4, -0.2) is 4.43 Å². The van der Waals surface area contributed by atoms with E-state index in [0.29, 0.717) is 0 Å². The van der Waals surface area contributed by atoms with E-state index in [4.69, 9.17) is 6.42 Å². The number of rotatable bonds is 2. The van der Waals surface area contributed by atoms with Crippen molar-refractivity contribution in [3.8, 4) is 24.2 Å². The average molecular weight is 372 g/mol. The number of alkyl halides is 1. The summed E-state index contributed by atoms with van der Waals surface area (Å²) in [7, 11) is 0. The lowest BCUT2D eigenvalue weighted by atomic mass is 10.2. The lowest BCUT2D eigenvalue weighted by Gasteiger charge is -1.86. The van der Waals surface area contributed by atoms with Gasteiger partial charge in [-0.15, -0.1) is 6.42 Å². The van der Waals surface area contributed by atoms with Crippen LogP contribution in [-0.2, 0) is 0 Å². The van der Waals surface area contributed by atoms with Gasteiger partial charge in [-0.1, -0.05) is 76.8 Å². The molecule has 0 spiro atoms. The zero-order valence-electron chi connectivity index (χ0n) is 11.4. The van der Waals surface area contributed by atoms with E-state index in [-0.39, 0.29) is 0 Å². The van der Waals surface area contributed by atoms with Crippen molar-refractivity contribution in [2.45, 2.75) is 12.8 Å². The van der Waals surface area contributed by atoms with Crippen molar-refractivity contribution >= 4 is 22.6 Å². The summed E-state index contributed by atoms with van der Waals surface area (Å²) in [6, 6.07) is 19.7. The number of benzene rings is 2. The Hall–Kier alpha value is -1.71. The summed E-state index contributed by atoms with van der Waals surface area (Å²) in [6.45, 7) is 0. The monoisotopic (exact) mass is 372 g/mol. The molecule has 0 aliphatic rings. The van der Waals surface area contributed by atoms with E-state index >= 15 is 0 Å². The van der Waals surface area contributed by atoms with Crippen LogP contribution in [0.5, 0.6) is 0 Å². The quantitative estimate of drug-likeness (QED) is 0.304. The number of halogens is 1. The van der Waals surface area contributed by atoms with Gasteiger partial charge in [0.1, 0.15) is 0 Å². The van der Waals surface area contributed by atoms with Gasteiger partial charge in [0.05, 0.1) is 0 Å². The molecule has 0 aromatic heterocycles. The Morgan fingerprint density at radius 1 is 0.850 bits per heavy atom. The Morgan fingerprint density at radius 2 is 1.40 bits per heavy atom. The van der Waals surface area contributed by atoms with Gasteiger partial charge in [0.15, 0.2) is 0 Å². The topological polar surface area (TPSA) is 0 Å². The van der Waals surface area contributed by atoms with Gasteiger partial charge in [-0.2, -0.15) is 0 Å². The van der Waals surface area contributed by atoms with Crippen molar-refractivity contribution in [3.63, 3.8) is 0 Å². The van der Waals surface area contributed by atoms with Gasteiger partial charge in [-0.3, -0.25) is 0 Å². The number of hydrogen-bond acceptors (Lipinski definition) is 0. The van der Waals surface area contributed by atoms with Crippen molar-refractivity contribution in [2.75, 3.05) is 4.43 Å². The lowest BCUT2D eigenvalue weighted by molar-refractivity contribution is 1.01. The molecule has 0 radical (unpaired) electrons. The maximum Gasteiger partial charge on any atom is 0.0245 e. The largest absolute Gasteiger partial charge is 0.115 e. The van der Waals surface area contributed by atoms with Crippen molar-refractivity contribution in [2.24, 2.45) is 0 Å². The van der Waals surface area contributed by atoms with E-state index in [2.05, 4.69) is 40.4 Å². The van der Waals surface area contributed by atoms with E-state index in [1.54, 1.807) is 0 Å². The van der Waals surface area contributed by atoms with Crippen LogP contribution in [0.1, 0.15) is 24.0 Å². The van der Waals surface area contributed by atoms with Gasteiger partial charge in [0.2, 0.25) is 0 Å². The molecule has 0 atom stereocenters. The third-order valence-corrected chi connectivity index (χ3v) is 3.15. The minimum Gasteiger partial charge on any atom is -0.115 e. The lowest BCUT2D eigenvalue weighted by Crippen LogP contribution is -1.73. The fourth-order valence-electron chi connectivity index (χ4n) is 1.38. The van der Waals surface area contributed by atoms with Crippen LogP contribution in [0.3, 0.4) is 0 Å². The predicted molar refractivity (Wildman–Crippen MR) is 95.8 cm³/mol. The summed E-state index contributed by atoms with van der Waals surface area (Å²) in [5, 5.41) is 0. The molecule has 2 aromatic carbocycles. The highest BCUT2D eigenvalue weighted by atomic mass is 127. The van der Waals surface area contributed by atoms with Gasteiger partial charge < -0.3 is 0 Å². The molecular weight excluding hydrogens is 355 g/mol. The van der Waals surface area contributed by atoms with Crippen LogP contribution in [0.15, 0.2) is 60.7 Å². The van der Waals surface area contributed by atoms with Gasteiger partial charge >= 0.3 is 0 Å². The molecule has 0 amide bonds. The van der Waals surface area contributed by atoms with E-state index in [9.17, 15) is 0 Å². The highest BCUT2D eigenvalue weighted by Crippen LogP contribution is 1.97. The van der Waals surface area contributed by atoms with Gasteiger partial charge in [-0.05, 0) is 30.7 Å². The molecule has 20 heavy (non-hydrogen) atoms. The summed E-state index contributed by atoms with van der Waals surface area (Å²) in [5.74, 6) is 8.80. The molecule has 0 saturated heterocycles. The Bertz CT molecular complexity index is 568. The molecule has 0 N–H and O–H groups in total. The second-order valence-electron chi connectivity index (χ2n) is 3.97. The first kappa shape index (κ1) is 16.3. The predicted octanol–water partition coefficient (Wildman–Crippen LogP) is 4.92. The molecule has 2 aromatic rings. The first-order valence-electron chi connectivity index (χ1n) is 6.48. The molecule has 0 nitrogen and oxygen atoms in total. The maximum absolute atomic E-state index is 5.10. The van der Waals surface area contributed by atoms with E-state index in [1.165, 1.54) is 10.8 Å². The Morgan fingerprint density at radius 3 is 1.85 bits per heavy atom. The smallest absolute Gasteiger partial charge is 0.0245 e. The molecule has 2 rings (SSSR count). The van der Waals surface area contributed by atoms with Crippen LogP contribution in [0.25, 0.3) is 0 Å². The first-order valence-corrected chi connectivity index (χ1v) is 8.01. The fourth-order valence-corrected chi connectivity index (χ4v) is 1.76. The second kappa shape index (κ2) is 11.1. The van der Waals surface area contributed by atoms with Crippen LogP contribution in [0, 0.1) is 24.2 Å². The summed E-state index contributed by atoms with van der Waals surface area (Å²) in [5.41, 5.74) is 2.05. The summed E-state index contributed by atoms with van der Waals surface area (Å²) < 4.78 is 1.20. The normalized spacial score (nSPS) is 8.40. The Labute approximate surface area is 135 Å². The Kier molecular flexibility index (Phi) is 9.11. The third kappa shape index (κ3) is 7.67. The molecule has 0 heterocycles. The Balaban J connectivity index is 0.000000217. The van der Waals surface area contributed by atoms with Crippen LogP contribution in [0.4, 0.5) is 0 Å². The SMILES string of the molecule is C#Cc1ccccc1.ICCCC#Cc1ccccc1. The van der Waals surface area contributed by atoms with Gasteiger partial charge in [0.25, 0.3) is 0 Å². The highest BCUT2D eigenvalue weighted by molar-refractivity contribution is 14.1. The fraction of sp³-hybridized carbons (Fsp3) is 0.158. The average Bonchev–Trinajstić information content (AvgIpc) is 2.54. The molecule has 100 valence electrons. The molecule has 0 saturated carbocycles. The van der Waals surface area contributed by atoms with E-state index in [1.807, 2.05) is 60.7 Å². The van der Waals surface area contributed by atoms with E-state index in [0.717, 1.165) is 17.5 Å². The van der Waals surface area contributed by atoms with E-state index < -0.39 is 0 Å². The summed E-state index contributed by atoms with van der Waals surface area (Å²) >= 11 is 2.37. The van der Waals surface area contributed by atoms with Crippen LogP contribution in [0.2, 0.25) is 0 Å². The van der Waals surface area contributed by atoms with Crippen molar-refractivity contribution in [1.82, 2.24) is 0 Å². The van der Waals surface area contributed by atoms with Gasteiger partial charge in [0, 0.05) is 22.0 Å². The number of hydrogen-bond donors (Lipinski definition) is 0. The molecular formula is C19H17I. The van der Waals surface area contributed by atoms with Crippen LogP contribution < -0.4 is 0 Å². The maximum atomic E-state index is 5.10. The molecule has 0 unspecified atom stereocenters. The van der Waals surface area contributed by atoms with Crippen molar-refractivity contribution < 1.29 is 0 Å². The van der Waals surface area contributed by atoms with Crippen molar-refractivity contribution in [3.05, 3.63) is 71.8 Å². The summed E-state index contributed by atoms with van der Waals surface area (Å²) in [4.78, 5) is 0. The third-order valence-electron chi connectivity index (χ3n) is 2.38.